The maximum Gasteiger partial charge on any atom is 0.123 e. The van der Waals surface area contributed by atoms with Crippen LogP contribution in [0.25, 0.3) is 0 Å². The molecular weight excluding hydrogens is 331 g/mol. The zero-order valence-corrected chi connectivity index (χ0v) is 12.6. The van der Waals surface area contributed by atoms with Crippen molar-refractivity contribution in [2.45, 2.75) is 13.0 Å². The lowest BCUT2D eigenvalue weighted by atomic mass is 9.95. The Morgan fingerprint density at radius 3 is 2.58 bits per heavy atom. The Kier molecular flexibility index (Phi) is 4.58. The Labute approximate surface area is 124 Å². The number of nitrogens with two attached hydrogens (primary N) is 1. The average molecular weight is 344 g/mol. The van der Waals surface area contributed by atoms with E-state index in [-0.39, 0.29) is 11.9 Å². The summed E-state index contributed by atoms with van der Waals surface area (Å²) in [6, 6.07) is 9.74. The fraction of sp³-hybridized carbons (Fsp3) is 0.143. The van der Waals surface area contributed by atoms with Crippen molar-refractivity contribution < 1.29 is 4.39 Å². The molecule has 2 aromatic carbocycles. The Morgan fingerprint density at radius 2 is 1.95 bits per heavy atom. The fourth-order valence-electron chi connectivity index (χ4n) is 2.05. The molecule has 0 bridgehead atoms. The zero-order chi connectivity index (χ0) is 14.0. The molecule has 0 amide bonds. The summed E-state index contributed by atoms with van der Waals surface area (Å²) in [5.41, 5.74) is 5.31. The quantitative estimate of drug-likeness (QED) is 0.650. The third-order valence-corrected chi connectivity index (χ3v) is 3.82. The molecule has 1 atom stereocenters. The van der Waals surface area contributed by atoms with Crippen molar-refractivity contribution >= 4 is 27.5 Å². The minimum Gasteiger partial charge on any atom is -0.271 e. The number of halogens is 3. The number of nitrogens with one attached hydrogen (secondary N) is 1. The van der Waals surface area contributed by atoms with E-state index in [0.29, 0.717) is 10.6 Å². The van der Waals surface area contributed by atoms with Crippen LogP contribution >= 0.6 is 27.5 Å². The maximum absolute atomic E-state index is 13.4. The standard InChI is InChI=1S/C14H13BrClFN2/c1-8-6-9(15)2-4-11(8)14(19-18)12-7-10(17)3-5-13(12)16/h2-7,14,19H,18H2,1H3. The number of rotatable bonds is 3. The van der Waals surface area contributed by atoms with Gasteiger partial charge in [0.25, 0.3) is 0 Å². The molecule has 5 heteroatoms. The lowest BCUT2D eigenvalue weighted by molar-refractivity contribution is 0.604. The van der Waals surface area contributed by atoms with Crippen molar-refractivity contribution in [3.05, 3.63) is 68.4 Å². The molecular formula is C14H13BrClFN2. The van der Waals surface area contributed by atoms with Crippen LogP contribution in [0, 0.1) is 12.7 Å². The number of hydrazine groups is 1. The van der Waals surface area contributed by atoms with Gasteiger partial charge in [0.2, 0.25) is 0 Å². The average Bonchev–Trinajstić information content (AvgIpc) is 2.36. The predicted octanol–water partition coefficient (Wildman–Crippen LogP) is 4.10. The second-order valence-electron chi connectivity index (χ2n) is 4.27. The molecule has 0 aliphatic carbocycles. The van der Waals surface area contributed by atoms with Gasteiger partial charge >= 0.3 is 0 Å². The lowest BCUT2D eigenvalue weighted by Crippen LogP contribution is -2.29. The first kappa shape index (κ1) is 14.5. The second kappa shape index (κ2) is 6.01. The second-order valence-corrected chi connectivity index (χ2v) is 5.59. The highest BCUT2D eigenvalue weighted by Crippen LogP contribution is 2.31. The molecule has 100 valence electrons. The van der Waals surface area contributed by atoms with Gasteiger partial charge in [0, 0.05) is 9.50 Å². The highest BCUT2D eigenvalue weighted by molar-refractivity contribution is 9.10. The van der Waals surface area contributed by atoms with Gasteiger partial charge in [-0.25, -0.2) is 9.82 Å². The molecule has 0 aromatic heterocycles. The minimum absolute atomic E-state index is 0.339. The predicted molar refractivity (Wildman–Crippen MR) is 79.5 cm³/mol. The molecule has 0 aliphatic rings. The summed E-state index contributed by atoms with van der Waals surface area (Å²) in [5, 5.41) is 0.478. The molecule has 0 heterocycles. The Morgan fingerprint density at radius 1 is 1.21 bits per heavy atom. The SMILES string of the molecule is Cc1cc(Br)ccc1C(NN)c1cc(F)ccc1Cl. The summed E-state index contributed by atoms with van der Waals surface area (Å²) < 4.78 is 14.4. The van der Waals surface area contributed by atoms with Gasteiger partial charge in [0.15, 0.2) is 0 Å². The van der Waals surface area contributed by atoms with Gasteiger partial charge in [-0.15, -0.1) is 0 Å². The Balaban J connectivity index is 2.52. The first-order valence-electron chi connectivity index (χ1n) is 5.70. The van der Waals surface area contributed by atoms with Gasteiger partial charge in [-0.05, 0) is 53.9 Å². The van der Waals surface area contributed by atoms with Crippen LogP contribution < -0.4 is 11.3 Å². The highest BCUT2D eigenvalue weighted by atomic mass is 79.9. The Bertz CT molecular complexity index is 604. The number of hydrogen-bond acceptors (Lipinski definition) is 2. The molecule has 0 fully saturated rings. The summed E-state index contributed by atoms with van der Waals surface area (Å²) in [6.45, 7) is 1.97. The minimum atomic E-state index is -0.351. The number of aryl methyl sites for hydroxylation is 1. The summed E-state index contributed by atoms with van der Waals surface area (Å²) in [7, 11) is 0. The smallest absolute Gasteiger partial charge is 0.123 e. The third kappa shape index (κ3) is 3.15. The van der Waals surface area contributed by atoms with Gasteiger partial charge in [0.1, 0.15) is 5.82 Å². The molecule has 0 saturated carbocycles. The van der Waals surface area contributed by atoms with Crippen LogP contribution in [0.4, 0.5) is 4.39 Å². The van der Waals surface area contributed by atoms with Crippen molar-refractivity contribution in [1.29, 1.82) is 0 Å². The van der Waals surface area contributed by atoms with Gasteiger partial charge in [0.05, 0.1) is 6.04 Å². The lowest BCUT2D eigenvalue weighted by Gasteiger charge is -2.20. The van der Waals surface area contributed by atoms with E-state index in [2.05, 4.69) is 21.4 Å². The summed E-state index contributed by atoms with van der Waals surface area (Å²) >= 11 is 9.54. The maximum atomic E-state index is 13.4. The van der Waals surface area contributed by atoms with E-state index in [1.165, 1.54) is 18.2 Å². The zero-order valence-electron chi connectivity index (χ0n) is 10.3. The number of benzene rings is 2. The van der Waals surface area contributed by atoms with Crippen molar-refractivity contribution in [3.8, 4) is 0 Å². The summed E-state index contributed by atoms with van der Waals surface area (Å²) in [4.78, 5) is 0. The van der Waals surface area contributed by atoms with Crippen LogP contribution in [-0.4, -0.2) is 0 Å². The van der Waals surface area contributed by atoms with Crippen LogP contribution in [0.5, 0.6) is 0 Å². The molecule has 2 rings (SSSR count). The molecule has 2 nitrogen and oxygen atoms in total. The van der Waals surface area contributed by atoms with Gasteiger partial charge in [-0.2, -0.15) is 0 Å². The normalized spacial score (nSPS) is 12.5. The van der Waals surface area contributed by atoms with Crippen molar-refractivity contribution in [2.24, 2.45) is 5.84 Å². The molecule has 3 N–H and O–H groups in total. The molecule has 1 unspecified atom stereocenters. The molecule has 0 aliphatic heterocycles. The monoisotopic (exact) mass is 342 g/mol. The van der Waals surface area contributed by atoms with E-state index in [9.17, 15) is 4.39 Å². The van der Waals surface area contributed by atoms with Crippen molar-refractivity contribution in [3.63, 3.8) is 0 Å². The van der Waals surface area contributed by atoms with E-state index < -0.39 is 0 Å². The Hall–Kier alpha value is -0.940. The molecule has 0 saturated heterocycles. The molecule has 0 radical (unpaired) electrons. The molecule has 0 spiro atoms. The van der Waals surface area contributed by atoms with Crippen LogP contribution in [0.3, 0.4) is 0 Å². The van der Waals surface area contributed by atoms with E-state index in [1.54, 1.807) is 0 Å². The van der Waals surface area contributed by atoms with E-state index in [0.717, 1.165) is 15.6 Å². The number of hydrogen-bond donors (Lipinski definition) is 2. The third-order valence-electron chi connectivity index (χ3n) is 2.98. The molecule has 2 aromatic rings. The van der Waals surface area contributed by atoms with Crippen LogP contribution in [0.15, 0.2) is 40.9 Å². The van der Waals surface area contributed by atoms with Crippen LogP contribution in [0.1, 0.15) is 22.7 Å². The van der Waals surface area contributed by atoms with Gasteiger partial charge in [-0.3, -0.25) is 5.84 Å². The van der Waals surface area contributed by atoms with E-state index >= 15 is 0 Å². The van der Waals surface area contributed by atoms with E-state index in [4.69, 9.17) is 17.4 Å². The van der Waals surface area contributed by atoms with Crippen molar-refractivity contribution in [1.82, 2.24) is 5.43 Å². The fourth-order valence-corrected chi connectivity index (χ4v) is 2.75. The van der Waals surface area contributed by atoms with Crippen LogP contribution in [-0.2, 0) is 0 Å². The van der Waals surface area contributed by atoms with Gasteiger partial charge in [-0.1, -0.05) is 33.6 Å². The summed E-state index contributed by atoms with van der Waals surface area (Å²) in [6.07, 6.45) is 0. The molecule has 19 heavy (non-hydrogen) atoms. The van der Waals surface area contributed by atoms with Crippen LogP contribution in [0.2, 0.25) is 5.02 Å². The first-order valence-corrected chi connectivity index (χ1v) is 6.87. The van der Waals surface area contributed by atoms with Crippen molar-refractivity contribution in [2.75, 3.05) is 0 Å². The first-order chi connectivity index (χ1) is 9.02. The topological polar surface area (TPSA) is 38.0 Å². The highest BCUT2D eigenvalue weighted by Gasteiger charge is 2.18. The van der Waals surface area contributed by atoms with Gasteiger partial charge < -0.3 is 0 Å². The van der Waals surface area contributed by atoms with E-state index in [1.807, 2.05) is 25.1 Å². The summed E-state index contributed by atoms with van der Waals surface area (Å²) in [5.74, 6) is 5.28. The largest absolute Gasteiger partial charge is 0.271 e.